The normalized spacial score (nSPS) is 16.7. The first kappa shape index (κ1) is 19.1. The summed E-state index contributed by atoms with van der Waals surface area (Å²) in [5, 5.41) is 8.86. The van der Waals surface area contributed by atoms with Crippen molar-refractivity contribution in [1.82, 2.24) is 0 Å². The Kier molecular flexibility index (Phi) is 5.57. The van der Waals surface area contributed by atoms with Gasteiger partial charge in [0.1, 0.15) is 11.6 Å². The molecule has 0 bridgehead atoms. The van der Waals surface area contributed by atoms with Crippen LogP contribution in [0.25, 0.3) is 6.08 Å². The minimum absolute atomic E-state index is 0.281. The lowest BCUT2D eigenvalue weighted by Gasteiger charge is -2.14. The molecule has 138 valence electrons. The largest absolute Gasteiger partial charge is 0.479 e. The molecule has 1 aliphatic rings. The van der Waals surface area contributed by atoms with Crippen LogP contribution in [0.15, 0.2) is 53.4 Å². The van der Waals surface area contributed by atoms with E-state index in [1.54, 1.807) is 30.3 Å². The molecular weight excluding hydrogens is 389 g/mol. The molecular formula is C19H14FNO4S2. The van der Waals surface area contributed by atoms with Crippen molar-refractivity contribution in [2.75, 3.05) is 4.90 Å². The number of amides is 1. The first-order valence-corrected chi connectivity index (χ1v) is 9.10. The molecule has 0 aromatic heterocycles. The highest BCUT2D eigenvalue weighted by atomic mass is 32.2. The number of thioether (sulfide) groups is 1. The number of carbonyl (C=O) groups excluding carboxylic acids is 1. The smallest absolute Gasteiger partial charge is 0.344 e. The van der Waals surface area contributed by atoms with E-state index in [1.807, 2.05) is 0 Å². The average molecular weight is 403 g/mol. The fourth-order valence-electron chi connectivity index (χ4n) is 2.33. The van der Waals surface area contributed by atoms with E-state index in [2.05, 4.69) is 0 Å². The lowest BCUT2D eigenvalue weighted by molar-refractivity contribution is -0.144. The number of carbonyl (C=O) groups is 2. The van der Waals surface area contributed by atoms with Crippen molar-refractivity contribution in [3.8, 4) is 5.75 Å². The van der Waals surface area contributed by atoms with E-state index in [0.717, 1.165) is 17.3 Å². The molecule has 1 N–H and O–H groups in total. The Hall–Kier alpha value is -2.71. The Bertz CT molecular complexity index is 926. The number of rotatable bonds is 5. The van der Waals surface area contributed by atoms with Gasteiger partial charge < -0.3 is 9.84 Å². The van der Waals surface area contributed by atoms with Gasteiger partial charge in [-0.3, -0.25) is 9.69 Å². The van der Waals surface area contributed by atoms with Gasteiger partial charge in [-0.1, -0.05) is 36.1 Å². The minimum atomic E-state index is -1.05. The zero-order valence-electron chi connectivity index (χ0n) is 14.1. The number of hydrogen-bond donors (Lipinski definition) is 1. The van der Waals surface area contributed by atoms with Crippen molar-refractivity contribution in [2.45, 2.75) is 13.0 Å². The maximum absolute atomic E-state index is 13.1. The maximum atomic E-state index is 13.1. The van der Waals surface area contributed by atoms with Crippen LogP contribution in [0.4, 0.5) is 10.1 Å². The molecule has 1 atom stereocenters. The van der Waals surface area contributed by atoms with Gasteiger partial charge in [-0.25, -0.2) is 9.18 Å². The average Bonchev–Trinajstić information content (AvgIpc) is 2.91. The van der Waals surface area contributed by atoms with Crippen molar-refractivity contribution in [3.05, 3.63) is 64.8 Å². The van der Waals surface area contributed by atoms with Gasteiger partial charge in [-0.15, -0.1) is 0 Å². The van der Waals surface area contributed by atoms with Crippen molar-refractivity contribution in [2.24, 2.45) is 0 Å². The van der Waals surface area contributed by atoms with Gasteiger partial charge in [0.05, 0.1) is 10.6 Å². The van der Waals surface area contributed by atoms with E-state index in [4.69, 9.17) is 22.1 Å². The molecule has 0 radical (unpaired) electrons. The second-order valence-electron chi connectivity index (χ2n) is 5.66. The highest BCUT2D eigenvalue weighted by Gasteiger charge is 2.33. The topological polar surface area (TPSA) is 66.8 Å². The Morgan fingerprint density at radius 3 is 2.44 bits per heavy atom. The van der Waals surface area contributed by atoms with Gasteiger partial charge in [0, 0.05) is 0 Å². The quantitative estimate of drug-likeness (QED) is 0.599. The van der Waals surface area contributed by atoms with E-state index in [9.17, 15) is 14.0 Å². The number of benzene rings is 2. The summed E-state index contributed by atoms with van der Waals surface area (Å²) in [5.74, 6) is -1.31. The molecule has 0 saturated carbocycles. The second kappa shape index (κ2) is 7.89. The van der Waals surface area contributed by atoms with Crippen molar-refractivity contribution in [3.63, 3.8) is 0 Å². The molecule has 8 heteroatoms. The van der Waals surface area contributed by atoms with Crippen molar-refractivity contribution in [1.29, 1.82) is 0 Å². The van der Waals surface area contributed by atoms with E-state index in [0.29, 0.717) is 20.7 Å². The van der Waals surface area contributed by atoms with Crippen LogP contribution in [0.2, 0.25) is 0 Å². The summed E-state index contributed by atoms with van der Waals surface area (Å²) in [6, 6.07) is 12.2. The molecule has 1 aliphatic heterocycles. The predicted molar refractivity (Wildman–Crippen MR) is 106 cm³/mol. The minimum Gasteiger partial charge on any atom is -0.479 e. The fourth-order valence-corrected chi connectivity index (χ4v) is 3.63. The standard InChI is InChI=1S/C19H14FNO4S2/c1-11(18(23)24)25-15-8-2-12(3-9-15)10-16-17(22)21(19(26)27-16)14-6-4-13(20)5-7-14/h2-11H,1H3,(H,23,24)/b16-10+. The molecule has 2 aromatic rings. The van der Waals surface area contributed by atoms with Gasteiger partial charge in [0.25, 0.3) is 5.91 Å². The van der Waals surface area contributed by atoms with Crippen LogP contribution in [0.1, 0.15) is 12.5 Å². The molecule has 27 heavy (non-hydrogen) atoms. The summed E-state index contributed by atoms with van der Waals surface area (Å²) in [6.07, 6.45) is 0.732. The number of thiocarbonyl (C=S) groups is 1. The highest BCUT2D eigenvalue weighted by Crippen LogP contribution is 2.36. The van der Waals surface area contributed by atoms with Crippen molar-refractivity contribution < 1.29 is 23.8 Å². The summed E-state index contributed by atoms with van der Waals surface area (Å²) in [7, 11) is 0. The number of ether oxygens (including phenoxy) is 1. The lowest BCUT2D eigenvalue weighted by Crippen LogP contribution is -2.27. The Morgan fingerprint density at radius 2 is 1.85 bits per heavy atom. The van der Waals surface area contributed by atoms with Crippen LogP contribution in [0, 0.1) is 5.82 Å². The molecule has 1 unspecified atom stereocenters. The molecule has 1 heterocycles. The number of nitrogens with zero attached hydrogens (tertiary/aromatic N) is 1. The van der Waals surface area contributed by atoms with Crippen LogP contribution in [0.3, 0.4) is 0 Å². The summed E-state index contributed by atoms with van der Waals surface area (Å²) in [5.41, 5.74) is 1.25. The first-order chi connectivity index (χ1) is 12.8. The molecule has 0 spiro atoms. The number of halogens is 1. The Morgan fingerprint density at radius 1 is 1.22 bits per heavy atom. The van der Waals surface area contributed by atoms with E-state index in [-0.39, 0.29) is 11.7 Å². The first-order valence-electron chi connectivity index (χ1n) is 7.88. The Labute approximate surface area is 164 Å². The number of aliphatic carboxylic acids is 1. The van der Waals surface area contributed by atoms with Crippen molar-refractivity contribution >= 4 is 51.9 Å². The van der Waals surface area contributed by atoms with E-state index in [1.165, 1.54) is 36.1 Å². The number of carboxylic acids is 1. The number of carboxylic acid groups (broad SMARTS) is 1. The highest BCUT2D eigenvalue weighted by molar-refractivity contribution is 8.27. The molecule has 5 nitrogen and oxygen atoms in total. The van der Waals surface area contributed by atoms with Gasteiger partial charge in [-0.05, 0) is 55.0 Å². The number of anilines is 1. The van der Waals surface area contributed by atoms with Crippen LogP contribution in [0.5, 0.6) is 5.75 Å². The summed E-state index contributed by atoms with van der Waals surface area (Å²) in [4.78, 5) is 25.3. The monoisotopic (exact) mass is 403 g/mol. The van der Waals surface area contributed by atoms with Gasteiger partial charge in [0.2, 0.25) is 0 Å². The van der Waals surface area contributed by atoms with Gasteiger partial charge >= 0.3 is 5.97 Å². The maximum Gasteiger partial charge on any atom is 0.344 e. The summed E-state index contributed by atoms with van der Waals surface area (Å²) >= 11 is 6.44. The molecule has 1 fully saturated rings. The third-order valence-corrected chi connectivity index (χ3v) is 5.02. The molecule has 1 saturated heterocycles. The van der Waals surface area contributed by atoms with Crippen LogP contribution < -0.4 is 9.64 Å². The van der Waals surface area contributed by atoms with Crippen LogP contribution >= 0.6 is 24.0 Å². The molecule has 1 amide bonds. The summed E-state index contributed by atoms with van der Waals surface area (Å²) in [6.45, 7) is 1.44. The van der Waals surface area contributed by atoms with Crippen LogP contribution in [-0.2, 0) is 9.59 Å². The third-order valence-electron chi connectivity index (χ3n) is 3.72. The van der Waals surface area contributed by atoms with E-state index >= 15 is 0 Å². The Balaban J connectivity index is 1.77. The van der Waals surface area contributed by atoms with Crippen LogP contribution in [-0.4, -0.2) is 27.4 Å². The van der Waals surface area contributed by atoms with Gasteiger partial charge in [0.15, 0.2) is 10.4 Å². The zero-order chi connectivity index (χ0) is 19.6. The van der Waals surface area contributed by atoms with E-state index < -0.39 is 12.1 Å². The second-order valence-corrected chi connectivity index (χ2v) is 7.34. The van der Waals surface area contributed by atoms with Gasteiger partial charge in [-0.2, -0.15) is 0 Å². The number of hydrogen-bond acceptors (Lipinski definition) is 5. The molecule has 3 rings (SSSR count). The third kappa shape index (κ3) is 4.35. The molecule has 0 aliphatic carbocycles. The fraction of sp³-hybridized carbons (Fsp3) is 0.105. The SMILES string of the molecule is CC(Oc1ccc(/C=C2/SC(=S)N(c3ccc(F)cc3)C2=O)cc1)C(=O)O. The zero-order valence-corrected chi connectivity index (χ0v) is 15.7. The lowest BCUT2D eigenvalue weighted by atomic mass is 10.2. The summed E-state index contributed by atoms with van der Waals surface area (Å²) < 4.78 is 18.7. The molecule has 2 aromatic carbocycles. The predicted octanol–water partition coefficient (Wildman–Crippen LogP) is 4.08.